The van der Waals surface area contributed by atoms with Gasteiger partial charge in [-0.2, -0.15) is 0 Å². The predicted octanol–water partition coefficient (Wildman–Crippen LogP) is 2.92. The first-order valence-electron chi connectivity index (χ1n) is 7.01. The lowest BCUT2D eigenvalue weighted by atomic mass is 10.2. The molecule has 0 bridgehead atoms. The number of likely N-dealkylation sites (N-methyl/N-ethyl adjacent to an activating group) is 1. The molecule has 0 aromatic heterocycles. The molecule has 1 atom stereocenters. The molecule has 1 fully saturated rings. The quantitative estimate of drug-likeness (QED) is 0.868. The molecule has 0 unspecified atom stereocenters. The Labute approximate surface area is 120 Å². The lowest BCUT2D eigenvalue weighted by Crippen LogP contribution is -2.37. The van der Waals surface area contributed by atoms with Gasteiger partial charge in [-0.3, -0.25) is 4.90 Å². The molecule has 1 aromatic rings. The number of halogens is 1. The van der Waals surface area contributed by atoms with Gasteiger partial charge in [0.25, 0.3) is 0 Å². The molecule has 1 saturated heterocycles. The smallest absolute Gasteiger partial charge is 0.123 e. The molecule has 1 N–H and O–H groups in total. The van der Waals surface area contributed by atoms with E-state index < -0.39 is 0 Å². The molecule has 0 radical (unpaired) electrons. The van der Waals surface area contributed by atoms with Gasteiger partial charge in [-0.05, 0) is 44.1 Å². The highest BCUT2D eigenvalue weighted by molar-refractivity contribution is 6.30. The molecule has 19 heavy (non-hydrogen) atoms. The summed E-state index contributed by atoms with van der Waals surface area (Å²) < 4.78 is 5.36. The van der Waals surface area contributed by atoms with Gasteiger partial charge in [0.2, 0.25) is 0 Å². The van der Waals surface area contributed by atoms with Crippen molar-refractivity contribution < 1.29 is 4.74 Å². The van der Waals surface area contributed by atoms with E-state index in [9.17, 15) is 0 Å². The van der Waals surface area contributed by atoms with E-state index in [0.717, 1.165) is 36.0 Å². The number of ether oxygens (including phenoxy) is 1. The van der Waals surface area contributed by atoms with Crippen LogP contribution in [-0.4, -0.2) is 37.7 Å². The van der Waals surface area contributed by atoms with Gasteiger partial charge in [0.15, 0.2) is 0 Å². The third-order valence-corrected chi connectivity index (χ3v) is 4.08. The van der Waals surface area contributed by atoms with Crippen LogP contribution < -0.4 is 10.1 Å². The summed E-state index contributed by atoms with van der Waals surface area (Å²) in [7, 11) is 1.70. The first kappa shape index (κ1) is 14.6. The molecule has 1 heterocycles. The van der Waals surface area contributed by atoms with Crippen LogP contribution in [0, 0.1) is 0 Å². The van der Waals surface area contributed by atoms with E-state index >= 15 is 0 Å². The van der Waals surface area contributed by atoms with Crippen molar-refractivity contribution in [2.75, 3.05) is 26.7 Å². The minimum atomic E-state index is 0.676. The molecule has 1 aliphatic heterocycles. The number of hydrogen-bond acceptors (Lipinski definition) is 3. The molecular formula is C15H23ClN2O. The summed E-state index contributed by atoms with van der Waals surface area (Å²) in [6.07, 6.45) is 2.62. The van der Waals surface area contributed by atoms with Crippen molar-refractivity contribution in [1.82, 2.24) is 10.2 Å². The van der Waals surface area contributed by atoms with Gasteiger partial charge in [-0.1, -0.05) is 18.5 Å². The zero-order valence-corrected chi connectivity index (χ0v) is 12.5. The van der Waals surface area contributed by atoms with Crippen LogP contribution in [0.1, 0.15) is 25.3 Å². The molecule has 0 amide bonds. The predicted molar refractivity (Wildman–Crippen MR) is 80.0 cm³/mol. The largest absolute Gasteiger partial charge is 0.496 e. The monoisotopic (exact) mass is 282 g/mol. The Hall–Kier alpha value is -0.770. The minimum absolute atomic E-state index is 0.676. The van der Waals surface area contributed by atoms with Crippen LogP contribution in [0.25, 0.3) is 0 Å². The second-order valence-corrected chi connectivity index (χ2v) is 5.45. The normalized spacial score (nSPS) is 19.8. The Bertz CT molecular complexity index is 411. The van der Waals surface area contributed by atoms with Crippen LogP contribution in [0.5, 0.6) is 5.75 Å². The highest BCUT2D eigenvalue weighted by atomic mass is 35.5. The zero-order valence-electron chi connectivity index (χ0n) is 11.8. The van der Waals surface area contributed by atoms with Crippen LogP contribution in [0.15, 0.2) is 18.2 Å². The molecule has 2 rings (SSSR count). The summed E-state index contributed by atoms with van der Waals surface area (Å²) in [6, 6.07) is 6.43. The van der Waals surface area contributed by atoms with Gasteiger partial charge < -0.3 is 10.1 Å². The SMILES string of the molecule is CCN1CCC[C@H]1CNCc1cc(Cl)ccc1OC. The molecule has 0 spiro atoms. The highest BCUT2D eigenvalue weighted by Crippen LogP contribution is 2.22. The molecule has 0 aliphatic carbocycles. The molecular weight excluding hydrogens is 260 g/mol. The van der Waals surface area contributed by atoms with Crippen molar-refractivity contribution in [2.45, 2.75) is 32.4 Å². The second-order valence-electron chi connectivity index (χ2n) is 5.01. The van der Waals surface area contributed by atoms with E-state index in [2.05, 4.69) is 17.1 Å². The lowest BCUT2D eigenvalue weighted by molar-refractivity contribution is 0.259. The van der Waals surface area contributed by atoms with E-state index in [-0.39, 0.29) is 0 Å². The van der Waals surface area contributed by atoms with E-state index in [0.29, 0.717) is 6.04 Å². The average Bonchev–Trinajstić information content (AvgIpc) is 2.86. The Morgan fingerprint density at radius 1 is 1.47 bits per heavy atom. The van der Waals surface area contributed by atoms with Gasteiger partial charge in [0.1, 0.15) is 5.75 Å². The molecule has 0 saturated carbocycles. The Morgan fingerprint density at radius 2 is 2.32 bits per heavy atom. The Morgan fingerprint density at radius 3 is 3.05 bits per heavy atom. The summed E-state index contributed by atoms with van der Waals surface area (Å²) >= 11 is 6.03. The van der Waals surface area contributed by atoms with E-state index in [1.807, 2.05) is 18.2 Å². The van der Waals surface area contributed by atoms with Gasteiger partial charge in [-0.15, -0.1) is 0 Å². The van der Waals surface area contributed by atoms with E-state index in [4.69, 9.17) is 16.3 Å². The average molecular weight is 283 g/mol. The van der Waals surface area contributed by atoms with Crippen LogP contribution in [0.2, 0.25) is 5.02 Å². The molecule has 1 aromatic carbocycles. The number of likely N-dealkylation sites (tertiary alicyclic amines) is 1. The number of nitrogens with zero attached hydrogens (tertiary/aromatic N) is 1. The first-order valence-corrected chi connectivity index (χ1v) is 7.39. The Balaban J connectivity index is 1.87. The lowest BCUT2D eigenvalue weighted by Gasteiger charge is -2.23. The number of nitrogens with one attached hydrogen (secondary N) is 1. The van der Waals surface area contributed by atoms with Crippen molar-refractivity contribution >= 4 is 11.6 Å². The second kappa shape index (κ2) is 7.13. The molecule has 1 aliphatic rings. The van der Waals surface area contributed by atoms with Crippen molar-refractivity contribution in [3.05, 3.63) is 28.8 Å². The topological polar surface area (TPSA) is 24.5 Å². The van der Waals surface area contributed by atoms with Crippen LogP contribution in [0.4, 0.5) is 0 Å². The van der Waals surface area contributed by atoms with Crippen LogP contribution in [-0.2, 0) is 6.54 Å². The van der Waals surface area contributed by atoms with Crippen molar-refractivity contribution in [3.63, 3.8) is 0 Å². The summed E-state index contributed by atoms with van der Waals surface area (Å²) in [5.74, 6) is 0.899. The fourth-order valence-electron chi connectivity index (χ4n) is 2.80. The number of hydrogen-bond donors (Lipinski definition) is 1. The number of methoxy groups -OCH3 is 1. The fraction of sp³-hybridized carbons (Fsp3) is 0.600. The molecule has 3 nitrogen and oxygen atoms in total. The highest BCUT2D eigenvalue weighted by Gasteiger charge is 2.22. The maximum absolute atomic E-state index is 6.03. The number of benzene rings is 1. The summed E-state index contributed by atoms with van der Waals surface area (Å²) in [6.45, 7) is 6.45. The van der Waals surface area contributed by atoms with Crippen molar-refractivity contribution in [1.29, 1.82) is 0 Å². The summed E-state index contributed by atoms with van der Waals surface area (Å²) in [5, 5.41) is 4.29. The summed E-state index contributed by atoms with van der Waals surface area (Å²) in [5.41, 5.74) is 1.12. The van der Waals surface area contributed by atoms with Gasteiger partial charge in [-0.25, -0.2) is 0 Å². The fourth-order valence-corrected chi connectivity index (χ4v) is 3.00. The maximum Gasteiger partial charge on any atom is 0.123 e. The zero-order chi connectivity index (χ0) is 13.7. The third kappa shape index (κ3) is 3.85. The van der Waals surface area contributed by atoms with Gasteiger partial charge in [0.05, 0.1) is 7.11 Å². The van der Waals surface area contributed by atoms with Crippen molar-refractivity contribution in [2.24, 2.45) is 0 Å². The maximum atomic E-state index is 6.03. The summed E-state index contributed by atoms with van der Waals surface area (Å²) in [4.78, 5) is 2.54. The number of rotatable bonds is 6. The minimum Gasteiger partial charge on any atom is -0.496 e. The third-order valence-electron chi connectivity index (χ3n) is 3.84. The first-order chi connectivity index (χ1) is 9.24. The van der Waals surface area contributed by atoms with Crippen molar-refractivity contribution in [3.8, 4) is 5.75 Å². The standard InChI is InChI=1S/C15H23ClN2O/c1-3-18-8-4-5-14(18)11-17-10-12-9-13(16)6-7-15(12)19-2/h6-7,9,14,17H,3-5,8,10-11H2,1-2H3/t14-/m0/s1. The molecule has 4 heteroatoms. The van der Waals surface area contributed by atoms with E-state index in [1.54, 1.807) is 7.11 Å². The van der Waals surface area contributed by atoms with Crippen LogP contribution in [0.3, 0.4) is 0 Å². The van der Waals surface area contributed by atoms with Gasteiger partial charge >= 0.3 is 0 Å². The van der Waals surface area contributed by atoms with E-state index in [1.165, 1.54) is 19.4 Å². The Kier molecular flexibility index (Phi) is 5.49. The molecule has 106 valence electrons. The van der Waals surface area contributed by atoms with Crippen LogP contribution >= 0.6 is 11.6 Å². The van der Waals surface area contributed by atoms with Gasteiger partial charge in [0, 0.05) is 29.7 Å².